The SMILES string of the molecule is COc1ccccc1CC1(CO)CCCCC1. The molecule has 0 radical (unpaired) electrons. The molecular weight excluding hydrogens is 212 g/mol. The zero-order chi connectivity index (χ0) is 12.1. The average Bonchev–Trinajstić information content (AvgIpc) is 2.40. The molecule has 0 spiro atoms. The Kier molecular flexibility index (Phi) is 4.06. The molecule has 0 aromatic heterocycles. The second kappa shape index (κ2) is 5.54. The lowest BCUT2D eigenvalue weighted by Gasteiger charge is -2.36. The maximum absolute atomic E-state index is 9.73. The van der Waals surface area contributed by atoms with Crippen molar-refractivity contribution in [2.75, 3.05) is 13.7 Å². The van der Waals surface area contributed by atoms with Gasteiger partial charge in [0.2, 0.25) is 0 Å². The summed E-state index contributed by atoms with van der Waals surface area (Å²) in [5, 5.41) is 9.73. The van der Waals surface area contributed by atoms with Gasteiger partial charge >= 0.3 is 0 Å². The summed E-state index contributed by atoms with van der Waals surface area (Å²) in [4.78, 5) is 0. The Hall–Kier alpha value is -1.02. The highest BCUT2D eigenvalue weighted by Gasteiger charge is 2.32. The van der Waals surface area contributed by atoms with Gasteiger partial charge in [0.05, 0.1) is 7.11 Å². The lowest BCUT2D eigenvalue weighted by molar-refractivity contribution is 0.0817. The van der Waals surface area contributed by atoms with Gasteiger partial charge in [-0.1, -0.05) is 37.5 Å². The minimum atomic E-state index is 0.0902. The van der Waals surface area contributed by atoms with Gasteiger partial charge in [0.1, 0.15) is 5.75 Å². The Bertz CT molecular complexity index is 354. The van der Waals surface area contributed by atoms with Gasteiger partial charge in [-0.25, -0.2) is 0 Å². The van der Waals surface area contributed by atoms with E-state index in [1.54, 1.807) is 7.11 Å². The van der Waals surface area contributed by atoms with Crippen LogP contribution in [0.15, 0.2) is 24.3 Å². The number of hydrogen-bond acceptors (Lipinski definition) is 2. The Morgan fingerprint density at radius 2 is 1.88 bits per heavy atom. The van der Waals surface area contributed by atoms with Gasteiger partial charge in [-0.3, -0.25) is 0 Å². The number of methoxy groups -OCH3 is 1. The number of aliphatic hydroxyl groups is 1. The number of rotatable bonds is 4. The zero-order valence-corrected chi connectivity index (χ0v) is 10.6. The van der Waals surface area contributed by atoms with Crippen molar-refractivity contribution in [2.45, 2.75) is 38.5 Å². The average molecular weight is 234 g/mol. The van der Waals surface area contributed by atoms with Crippen LogP contribution in [0.2, 0.25) is 0 Å². The molecule has 2 heteroatoms. The smallest absolute Gasteiger partial charge is 0.122 e. The normalized spacial score (nSPS) is 18.9. The summed E-state index contributed by atoms with van der Waals surface area (Å²) in [6, 6.07) is 8.16. The summed E-state index contributed by atoms with van der Waals surface area (Å²) < 4.78 is 5.39. The number of para-hydroxylation sites is 1. The molecule has 1 aliphatic rings. The highest BCUT2D eigenvalue weighted by Crippen LogP contribution is 2.40. The molecular formula is C15H22O2. The van der Waals surface area contributed by atoms with Crippen LogP contribution in [-0.4, -0.2) is 18.8 Å². The van der Waals surface area contributed by atoms with E-state index < -0.39 is 0 Å². The molecule has 0 atom stereocenters. The Morgan fingerprint density at radius 3 is 2.53 bits per heavy atom. The van der Waals surface area contributed by atoms with E-state index in [9.17, 15) is 5.11 Å². The molecule has 1 aromatic carbocycles. The molecule has 1 aliphatic carbocycles. The lowest BCUT2D eigenvalue weighted by atomic mass is 9.71. The second-order valence-electron chi connectivity index (χ2n) is 5.21. The van der Waals surface area contributed by atoms with Gasteiger partial charge in [-0.2, -0.15) is 0 Å². The minimum absolute atomic E-state index is 0.0902. The molecule has 1 saturated carbocycles. The first kappa shape index (κ1) is 12.4. The third-order valence-corrected chi connectivity index (χ3v) is 4.01. The predicted octanol–water partition coefficient (Wildman–Crippen LogP) is 3.18. The monoisotopic (exact) mass is 234 g/mol. The van der Waals surface area contributed by atoms with Crippen molar-refractivity contribution in [1.82, 2.24) is 0 Å². The lowest BCUT2D eigenvalue weighted by Crippen LogP contribution is -2.30. The summed E-state index contributed by atoms with van der Waals surface area (Å²) in [6.07, 6.45) is 7.02. The van der Waals surface area contributed by atoms with Crippen molar-refractivity contribution in [2.24, 2.45) is 5.41 Å². The fourth-order valence-corrected chi connectivity index (χ4v) is 2.95. The van der Waals surface area contributed by atoms with Crippen molar-refractivity contribution in [3.63, 3.8) is 0 Å². The van der Waals surface area contributed by atoms with E-state index in [2.05, 4.69) is 6.07 Å². The van der Waals surface area contributed by atoms with E-state index in [0.29, 0.717) is 6.61 Å². The van der Waals surface area contributed by atoms with Crippen molar-refractivity contribution in [3.8, 4) is 5.75 Å². The first-order chi connectivity index (χ1) is 8.29. The van der Waals surface area contributed by atoms with E-state index in [-0.39, 0.29) is 5.41 Å². The van der Waals surface area contributed by atoms with Gasteiger partial charge in [0, 0.05) is 6.61 Å². The van der Waals surface area contributed by atoms with Crippen LogP contribution in [0, 0.1) is 5.41 Å². The Morgan fingerprint density at radius 1 is 1.18 bits per heavy atom. The van der Waals surface area contributed by atoms with Gasteiger partial charge < -0.3 is 9.84 Å². The molecule has 94 valence electrons. The number of hydrogen-bond donors (Lipinski definition) is 1. The van der Waals surface area contributed by atoms with Gasteiger partial charge in [0.15, 0.2) is 0 Å². The van der Waals surface area contributed by atoms with Crippen LogP contribution in [0.4, 0.5) is 0 Å². The third-order valence-electron chi connectivity index (χ3n) is 4.01. The molecule has 0 bridgehead atoms. The second-order valence-corrected chi connectivity index (χ2v) is 5.21. The maximum atomic E-state index is 9.73. The Labute approximate surface area is 104 Å². The highest BCUT2D eigenvalue weighted by atomic mass is 16.5. The van der Waals surface area contributed by atoms with E-state index in [0.717, 1.165) is 25.0 Å². The van der Waals surface area contributed by atoms with Crippen LogP contribution in [0.5, 0.6) is 5.75 Å². The summed E-state index contributed by atoms with van der Waals surface area (Å²) >= 11 is 0. The van der Waals surface area contributed by atoms with Crippen LogP contribution in [0.25, 0.3) is 0 Å². The van der Waals surface area contributed by atoms with E-state index >= 15 is 0 Å². The quantitative estimate of drug-likeness (QED) is 0.867. The van der Waals surface area contributed by atoms with Gasteiger partial charge in [-0.05, 0) is 36.3 Å². The molecule has 0 unspecified atom stereocenters. The van der Waals surface area contributed by atoms with Crippen molar-refractivity contribution in [3.05, 3.63) is 29.8 Å². The topological polar surface area (TPSA) is 29.5 Å². The molecule has 2 rings (SSSR count). The van der Waals surface area contributed by atoms with E-state index in [4.69, 9.17) is 4.74 Å². The summed E-state index contributed by atoms with van der Waals surface area (Å²) in [5.74, 6) is 0.950. The number of ether oxygens (including phenoxy) is 1. The fourth-order valence-electron chi connectivity index (χ4n) is 2.95. The molecule has 2 nitrogen and oxygen atoms in total. The van der Waals surface area contributed by atoms with E-state index in [1.165, 1.54) is 24.8 Å². The molecule has 0 saturated heterocycles. The van der Waals surface area contributed by atoms with Crippen LogP contribution >= 0.6 is 0 Å². The molecule has 1 aromatic rings. The molecule has 0 aliphatic heterocycles. The summed E-state index contributed by atoms with van der Waals surface area (Å²) in [5.41, 5.74) is 1.32. The summed E-state index contributed by atoms with van der Waals surface area (Å²) in [6.45, 7) is 0.297. The Balaban J connectivity index is 2.17. The summed E-state index contributed by atoms with van der Waals surface area (Å²) in [7, 11) is 1.71. The number of benzene rings is 1. The fraction of sp³-hybridized carbons (Fsp3) is 0.600. The van der Waals surface area contributed by atoms with Gasteiger partial charge in [0.25, 0.3) is 0 Å². The van der Waals surface area contributed by atoms with Crippen LogP contribution in [0.1, 0.15) is 37.7 Å². The molecule has 17 heavy (non-hydrogen) atoms. The molecule has 0 heterocycles. The molecule has 0 amide bonds. The van der Waals surface area contributed by atoms with E-state index in [1.807, 2.05) is 18.2 Å². The highest BCUT2D eigenvalue weighted by molar-refractivity contribution is 5.34. The third kappa shape index (κ3) is 2.81. The predicted molar refractivity (Wildman–Crippen MR) is 69.3 cm³/mol. The van der Waals surface area contributed by atoms with Crippen LogP contribution in [-0.2, 0) is 6.42 Å². The van der Waals surface area contributed by atoms with Crippen molar-refractivity contribution >= 4 is 0 Å². The standard InChI is InChI=1S/C15H22O2/c1-17-14-8-4-3-7-13(14)11-15(12-16)9-5-2-6-10-15/h3-4,7-8,16H,2,5-6,9-12H2,1H3. The van der Waals surface area contributed by atoms with Crippen LogP contribution in [0.3, 0.4) is 0 Å². The van der Waals surface area contributed by atoms with Crippen molar-refractivity contribution in [1.29, 1.82) is 0 Å². The largest absolute Gasteiger partial charge is 0.496 e. The first-order valence-electron chi connectivity index (χ1n) is 6.52. The molecule has 1 fully saturated rings. The van der Waals surface area contributed by atoms with Crippen LogP contribution < -0.4 is 4.74 Å². The zero-order valence-electron chi connectivity index (χ0n) is 10.6. The van der Waals surface area contributed by atoms with Gasteiger partial charge in [-0.15, -0.1) is 0 Å². The number of aliphatic hydroxyl groups excluding tert-OH is 1. The maximum Gasteiger partial charge on any atom is 0.122 e. The first-order valence-corrected chi connectivity index (χ1v) is 6.52. The minimum Gasteiger partial charge on any atom is -0.496 e. The molecule has 1 N–H and O–H groups in total. The van der Waals surface area contributed by atoms with Crippen molar-refractivity contribution < 1.29 is 9.84 Å².